The second-order valence-corrected chi connectivity index (χ2v) is 10.7. The number of methoxy groups -OCH3 is 1. The van der Waals surface area contributed by atoms with Crippen LogP contribution in [-0.2, 0) is 10.2 Å². The summed E-state index contributed by atoms with van der Waals surface area (Å²) < 4.78 is 5.31. The molecule has 2 aromatic carbocycles. The van der Waals surface area contributed by atoms with Gasteiger partial charge in [0.1, 0.15) is 12.1 Å². The Morgan fingerprint density at radius 1 is 1.13 bits per heavy atom. The van der Waals surface area contributed by atoms with E-state index in [1.54, 1.807) is 12.1 Å². The van der Waals surface area contributed by atoms with Crippen molar-refractivity contribution in [3.8, 4) is 22.6 Å². The predicted molar refractivity (Wildman–Crippen MR) is 154 cm³/mol. The number of phenolic OH excluding ortho intramolecular Hbond substituents is 1. The van der Waals surface area contributed by atoms with Crippen molar-refractivity contribution >= 4 is 46.0 Å². The number of aldehydes is 1. The van der Waals surface area contributed by atoms with Crippen LogP contribution in [0.1, 0.15) is 31.2 Å². The van der Waals surface area contributed by atoms with Crippen molar-refractivity contribution in [3.63, 3.8) is 0 Å². The van der Waals surface area contributed by atoms with Crippen LogP contribution < -0.4 is 20.7 Å². The highest BCUT2D eigenvalue weighted by Gasteiger charge is 2.46. The van der Waals surface area contributed by atoms with Gasteiger partial charge in [0, 0.05) is 29.7 Å². The maximum Gasteiger partial charge on any atom is 0.176 e. The molecule has 200 valence electrons. The van der Waals surface area contributed by atoms with Crippen molar-refractivity contribution in [2.75, 3.05) is 30.8 Å². The van der Waals surface area contributed by atoms with Crippen LogP contribution in [0.4, 0.5) is 17.2 Å². The molecule has 0 amide bonds. The van der Waals surface area contributed by atoms with E-state index in [1.807, 2.05) is 42.7 Å². The molecule has 1 aliphatic carbocycles. The third-order valence-corrected chi connectivity index (χ3v) is 7.97. The number of phenols is 1. The molecule has 2 aliphatic rings. The minimum absolute atomic E-state index is 0.0955. The number of halogens is 1. The molecule has 0 bridgehead atoms. The lowest BCUT2D eigenvalue weighted by atomic mass is 9.93. The summed E-state index contributed by atoms with van der Waals surface area (Å²) >= 11 is 6.28. The first kappa shape index (κ1) is 25.4. The number of pyridine rings is 2. The van der Waals surface area contributed by atoms with Gasteiger partial charge in [-0.2, -0.15) is 0 Å². The fraction of sp³-hybridized carbons (Fsp3) is 0.300. The fourth-order valence-corrected chi connectivity index (χ4v) is 5.46. The Bertz CT molecular complexity index is 1530. The standard InChI is InChI=1S/C30H30ClN5O3/c1-39-26-13-19(12-24(31)29(26)38)18-4-6-25-22(11-18)28(23(16-33-25)30(17-37)8-9-30)36-21-5-7-27(34-15-21)35-20-3-2-10-32-14-20/h4-7,11-13,15-17,20,32,38H,2-3,8-10,14H2,1H3,(H,33,36)(H,34,35). The van der Waals surface area contributed by atoms with Gasteiger partial charge in [-0.3, -0.25) is 4.98 Å². The Kier molecular flexibility index (Phi) is 6.74. The van der Waals surface area contributed by atoms with Gasteiger partial charge >= 0.3 is 0 Å². The molecule has 1 unspecified atom stereocenters. The van der Waals surface area contributed by atoms with Crippen LogP contribution in [0.5, 0.6) is 11.5 Å². The number of hydrogen-bond acceptors (Lipinski definition) is 8. The van der Waals surface area contributed by atoms with Crippen LogP contribution >= 0.6 is 11.6 Å². The Hall–Kier alpha value is -3.88. The Morgan fingerprint density at radius 2 is 2.00 bits per heavy atom. The lowest BCUT2D eigenvalue weighted by molar-refractivity contribution is -0.109. The van der Waals surface area contributed by atoms with Gasteiger partial charge in [0.05, 0.1) is 40.6 Å². The van der Waals surface area contributed by atoms with Crippen molar-refractivity contribution in [2.24, 2.45) is 0 Å². The van der Waals surface area contributed by atoms with Crippen molar-refractivity contribution < 1.29 is 14.6 Å². The molecule has 2 aromatic heterocycles. The highest BCUT2D eigenvalue weighted by atomic mass is 35.5. The van der Waals surface area contributed by atoms with Gasteiger partial charge in [0.25, 0.3) is 0 Å². The number of nitrogens with zero attached hydrogens (tertiary/aromatic N) is 2. The molecule has 4 aromatic rings. The molecule has 9 heteroatoms. The molecule has 8 nitrogen and oxygen atoms in total. The largest absolute Gasteiger partial charge is 0.503 e. The molecule has 1 saturated carbocycles. The molecular weight excluding hydrogens is 514 g/mol. The second-order valence-electron chi connectivity index (χ2n) is 10.3. The normalized spacial score (nSPS) is 17.9. The lowest BCUT2D eigenvalue weighted by Crippen LogP contribution is -2.38. The van der Waals surface area contributed by atoms with E-state index < -0.39 is 5.41 Å². The molecule has 1 atom stereocenters. The quantitative estimate of drug-likeness (QED) is 0.206. The van der Waals surface area contributed by atoms with E-state index in [1.165, 1.54) is 7.11 Å². The molecule has 0 spiro atoms. The first-order chi connectivity index (χ1) is 19.0. The number of fused-ring (bicyclic) bond motifs is 1. The summed E-state index contributed by atoms with van der Waals surface area (Å²) in [5.41, 5.74) is 4.45. The zero-order valence-corrected chi connectivity index (χ0v) is 22.4. The van der Waals surface area contributed by atoms with Gasteiger partial charge in [-0.05, 0) is 79.8 Å². The molecule has 6 rings (SSSR count). The van der Waals surface area contributed by atoms with Crippen molar-refractivity contribution in [3.05, 3.63) is 65.4 Å². The predicted octanol–water partition coefficient (Wildman–Crippen LogP) is 5.80. The first-order valence-corrected chi connectivity index (χ1v) is 13.5. The van der Waals surface area contributed by atoms with Crippen LogP contribution in [0.2, 0.25) is 5.02 Å². The van der Waals surface area contributed by atoms with Crippen LogP contribution in [-0.4, -0.2) is 47.6 Å². The number of hydrogen-bond donors (Lipinski definition) is 4. The average Bonchev–Trinajstić information content (AvgIpc) is 3.77. The summed E-state index contributed by atoms with van der Waals surface area (Å²) in [7, 11) is 1.49. The van der Waals surface area contributed by atoms with Gasteiger partial charge in [-0.15, -0.1) is 0 Å². The van der Waals surface area contributed by atoms with Crippen LogP contribution in [0.3, 0.4) is 0 Å². The van der Waals surface area contributed by atoms with Gasteiger partial charge in [-0.1, -0.05) is 17.7 Å². The summed E-state index contributed by atoms with van der Waals surface area (Å²) in [6, 6.07) is 13.7. The molecule has 0 radical (unpaired) electrons. The second kappa shape index (κ2) is 10.4. The number of benzene rings is 2. The van der Waals surface area contributed by atoms with Crippen LogP contribution in [0.25, 0.3) is 22.0 Å². The number of anilines is 3. The van der Waals surface area contributed by atoms with E-state index in [2.05, 4.69) is 20.9 Å². The van der Waals surface area contributed by atoms with E-state index >= 15 is 0 Å². The smallest absolute Gasteiger partial charge is 0.176 e. The van der Waals surface area contributed by atoms with Crippen LogP contribution in [0.15, 0.2) is 54.9 Å². The SMILES string of the molecule is COc1cc(-c2ccc3ncc(C4(C=O)CC4)c(Nc4ccc(NC5CCCNC5)nc4)c3c2)cc(Cl)c1O. The van der Waals surface area contributed by atoms with Crippen molar-refractivity contribution in [1.82, 2.24) is 15.3 Å². The number of nitrogens with one attached hydrogen (secondary N) is 3. The summed E-state index contributed by atoms with van der Waals surface area (Å²) in [5, 5.41) is 21.7. The number of piperidine rings is 1. The summed E-state index contributed by atoms with van der Waals surface area (Å²) in [6.45, 7) is 2.00. The summed E-state index contributed by atoms with van der Waals surface area (Å²) in [5.74, 6) is 1.03. The molecule has 2 fully saturated rings. The number of rotatable bonds is 8. The fourth-order valence-electron chi connectivity index (χ4n) is 5.25. The lowest BCUT2D eigenvalue weighted by Gasteiger charge is -2.24. The molecular formula is C30H30ClN5O3. The average molecular weight is 544 g/mol. The first-order valence-electron chi connectivity index (χ1n) is 13.2. The molecule has 3 heterocycles. The monoisotopic (exact) mass is 543 g/mol. The molecule has 1 saturated heterocycles. The number of ether oxygens (including phenoxy) is 1. The molecule has 4 N–H and O–H groups in total. The zero-order valence-electron chi connectivity index (χ0n) is 21.6. The third kappa shape index (κ3) is 4.97. The molecule has 1 aliphatic heterocycles. The maximum absolute atomic E-state index is 12.2. The number of carbonyl (C=O) groups excluding carboxylic acids is 1. The maximum atomic E-state index is 12.2. The topological polar surface area (TPSA) is 108 Å². The van der Waals surface area contributed by atoms with E-state index in [9.17, 15) is 9.90 Å². The minimum Gasteiger partial charge on any atom is -0.503 e. The van der Waals surface area contributed by atoms with E-state index in [0.29, 0.717) is 11.8 Å². The highest BCUT2D eigenvalue weighted by Crippen LogP contribution is 2.51. The third-order valence-electron chi connectivity index (χ3n) is 7.68. The number of aromatic hydroxyl groups is 1. The minimum atomic E-state index is -0.534. The Morgan fingerprint density at radius 3 is 2.69 bits per heavy atom. The van der Waals surface area contributed by atoms with Gasteiger partial charge in [-0.25, -0.2) is 4.98 Å². The number of carbonyl (C=O) groups is 1. The van der Waals surface area contributed by atoms with E-state index in [4.69, 9.17) is 21.3 Å². The van der Waals surface area contributed by atoms with Gasteiger partial charge < -0.3 is 30.6 Å². The van der Waals surface area contributed by atoms with Crippen molar-refractivity contribution in [2.45, 2.75) is 37.1 Å². The summed E-state index contributed by atoms with van der Waals surface area (Å²) in [6.07, 6.45) is 8.51. The Balaban J connectivity index is 1.39. The van der Waals surface area contributed by atoms with E-state index in [-0.39, 0.29) is 10.8 Å². The molecule has 39 heavy (non-hydrogen) atoms. The summed E-state index contributed by atoms with van der Waals surface area (Å²) in [4.78, 5) is 21.5. The van der Waals surface area contributed by atoms with E-state index in [0.717, 1.165) is 89.8 Å². The van der Waals surface area contributed by atoms with Gasteiger partial charge in [0.15, 0.2) is 11.5 Å². The Labute approximate surface area is 231 Å². The van der Waals surface area contributed by atoms with Gasteiger partial charge in [0.2, 0.25) is 0 Å². The van der Waals surface area contributed by atoms with Crippen molar-refractivity contribution in [1.29, 1.82) is 0 Å². The number of aromatic nitrogens is 2. The zero-order chi connectivity index (χ0) is 27.0. The highest BCUT2D eigenvalue weighted by molar-refractivity contribution is 6.32. The van der Waals surface area contributed by atoms with Crippen LogP contribution in [0, 0.1) is 0 Å².